The third kappa shape index (κ3) is 3.85. The van der Waals surface area contributed by atoms with Crippen LogP contribution in [0.15, 0.2) is 36.4 Å². The topological polar surface area (TPSA) is 60.3 Å². The Bertz CT molecular complexity index is 733. The van der Waals surface area contributed by atoms with Crippen molar-refractivity contribution in [2.24, 2.45) is 0 Å². The maximum atomic E-state index is 12.4. The lowest BCUT2D eigenvalue weighted by Crippen LogP contribution is -2.39. The highest BCUT2D eigenvalue weighted by molar-refractivity contribution is 5.93. The minimum absolute atomic E-state index is 0.00166. The summed E-state index contributed by atoms with van der Waals surface area (Å²) in [6, 6.07) is 11.6. The molecule has 0 radical (unpaired) electrons. The number of carbonyl (C=O) groups is 2. The summed E-state index contributed by atoms with van der Waals surface area (Å²) in [4.78, 5) is 24.4. The quantitative estimate of drug-likeness (QED) is 0.858. The molecule has 2 rings (SSSR count). The number of ether oxygens (including phenoxy) is 1. The van der Waals surface area contributed by atoms with Crippen molar-refractivity contribution in [1.82, 2.24) is 9.88 Å². The number of hydrogen-bond donors (Lipinski definition) is 1. The van der Waals surface area contributed by atoms with Crippen LogP contribution in [-0.4, -0.2) is 28.6 Å². The summed E-state index contributed by atoms with van der Waals surface area (Å²) < 4.78 is 7.32. The van der Waals surface area contributed by atoms with Crippen molar-refractivity contribution < 1.29 is 14.3 Å². The van der Waals surface area contributed by atoms with Gasteiger partial charge in [-0.25, -0.2) is 4.79 Å². The molecule has 1 heterocycles. The minimum atomic E-state index is -0.834. The number of para-hydroxylation sites is 1. The Kier molecular flexibility index (Phi) is 5.44. The number of carbonyl (C=O) groups excluding carboxylic acids is 2. The molecular formula is C19H24N2O3. The molecular weight excluding hydrogens is 304 g/mol. The van der Waals surface area contributed by atoms with Gasteiger partial charge in [-0.3, -0.25) is 4.79 Å². The van der Waals surface area contributed by atoms with Crippen molar-refractivity contribution in [3.8, 4) is 5.69 Å². The molecule has 0 saturated carbocycles. The molecule has 1 amide bonds. The van der Waals surface area contributed by atoms with Gasteiger partial charge < -0.3 is 14.6 Å². The Morgan fingerprint density at radius 3 is 2.29 bits per heavy atom. The first-order valence-electron chi connectivity index (χ1n) is 8.07. The number of benzene rings is 1. The van der Waals surface area contributed by atoms with Gasteiger partial charge in [-0.15, -0.1) is 0 Å². The second-order valence-corrected chi connectivity index (χ2v) is 6.17. The highest BCUT2D eigenvalue weighted by atomic mass is 16.5. The molecule has 0 aliphatic carbocycles. The van der Waals surface area contributed by atoms with E-state index in [9.17, 15) is 9.59 Å². The van der Waals surface area contributed by atoms with Gasteiger partial charge in [0.2, 0.25) is 0 Å². The highest BCUT2D eigenvalue weighted by Gasteiger charge is 2.23. The molecule has 0 unspecified atom stereocenters. The number of nitrogens with one attached hydrogen (secondary N) is 1. The van der Waals surface area contributed by atoms with Crippen molar-refractivity contribution in [3.05, 3.63) is 53.3 Å². The van der Waals surface area contributed by atoms with Crippen LogP contribution < -0.4 is 5.32 Å². The van der Waals surface area contributed by atoms with Crippen LogP contribution in [0, 0.1) is 13.8 Å². The third-order valence-electron chi connectivity index (χ3n) is 3.75. The van der Waals surface area contributed by atoms with Crippen molar-refractivity contribution in [1.29, 1.82) is 0 Å². The molecule has 1 N–H and O–H groups in total. The second kappa shape index (κ2) is 7.34. The average Bonchev–Trinajstić information content (AvgIpc) is 2.82. The normalized spacial score (nSPS) is 12.1. The van der Waals surface area contributed by atoms with Crippen LogP contribution in [0.5, 0.6) is 0 Å². The molecule has 128 valence electrons. The van der Waals surface area contributed by atoms with Crippen LogP contribution >= 0.6 is 0 Å². The Morgan fingerprint density at radius 1 is 1.08 bits per heavy atom. The summed E-state index contributed by atoms with van der Waals surface area (Å²) in [7, 11) is 0. The van der Waals surface area contributed by atoms with Gasteiger partial charge >= 0.3 is 5.97 Å². The first kappa shape index (κ1) is 17.8. The van der Waals surface area contributed by atoms with Crippen molar-refractivity contribution >= 4 is 11.9 Å². The molecule has 5 nitrogen and oxygen atoms in total. The summed E-state index contributed by atoms with van der Waals surface area (Å²) in [6.45, 7) is 9.10. The highest BCUT2D eigenvalue weighted by Crippen LogP contribution is 2.21. The SMILES string of the molecule is Cc1cc(C(=O)O[C@@H](C)C(=O)NC(C)C)c(C)n1-c1ccccc1. The van der Waals surface area contributed by atoms with Gasteiger partial charge in [0.05, 0.1) is 5.56 Å². The fraction of sp³-hybridized carbons (Fsp3) is 0.368. The van der Waals surface area contributed by atoms with Crippen molar-refractivity contribution in [2.45, 2.75) is 46.8 Å². The lowest BCUT2D eigenvalue weighted by molar-refractivity contribution is -0.129. The van der Waals surface area contributed by atoms with E-state index in [2.05, 4.69) is 5.32 Å². The summed E-state index contributed by atoms with van der Waals surface area (Å²) in [5.74, 6) is -0.785. The predicted molar refractivity (Wildman–Crippen MR) is 93.4 cm³/mol. The Balaban J connectivity index is 2.21. The lowest BCUT2D eigenvalue weighted by Gasteiger charge is -2.15. The van der Waals surface area contributed by atoms with Gasteiger partial charge in [0.1, 0.15) is 0 Å². The fourth-order valence-electron chi connectivity index (χ4n) is 2.62. The fourth-order valence-corrected chi connectivity index (χ4v) is 2.62. The monoisotopic (exact) mass is 328 g/mol. The van der Waals surface area contributed by atoms with Crippen molar-refractivity contribution in [3.63, 3.8) is 0 Å². The molecule has 0 bridgehead atoms. The molecule has 0 aliphatic rings. The van der Waals surface area contributed by atoms with Gasteiger partial charge in [-0.05, 0) is 52.8 Å². The van der Waals surface area contributed by atoms with E-state index in [0.29, 0.717) is 5.56 Å². The van der Waals surface area contributed by atoms with Gasteiger partial charge in [0.25, 0.3) is 5.91 Å². The van der Waals surface area contributed by atoms with E-state index in [1.165, 1.54) is 0 Å². The van der Waals surface area contributed by atoms with Crippen LogP contribution in [0.4, 0.5) is 0 Å². The first-order valence-corrected chi connectivity index (χ1v) is 8.07. The minimum Gasteiger partial charge on any atom is -0.449 e. The third-order valence-corrected chi connectivity index (χ3v) is 3.75. The standard InChI is InChI=1S/C19H24N2O3/c1-12(2)20-18(22)15(5)24-19(23)17-11-13(3)21(14(17)4)16-9-7-6-8-10-16/h6-12,15H,1-5H3,(H,20,22)/t15-/m0/s1. The summed E-state index contributed by atoms with van der Waals surface area (Å²) in [6.07, 6.45) is -0.834. The summed E-state index contributed by atoms with van der Waals surface area (Å²) in [5.41, 5.74) is 3.18. The Labute approximate surface area is 142 Å². The largest absolute Gasteiger partial charge is 0.449 e. The maximum absolute atomic E-state index is 12.4. The van der Waals surface area contributed by atoms with Gasteiger partial charge in [-0.1, -0.05) is 18.2 Å². The van der Waals surface area contributed by atoms with Crippen LogP contribution in [0.3, 0.4) is 0 Å². The van der Waals surface area contributed by atoms with Gasteiger partial charge in [0.15, 0.2) is 6.10 Å². The second-order valence-electron chi connectivity index (χ2n) is 6.17. The van der Waals surface area contributed by atoms with E-state index in [-0.39, 0.29) is 11.9 Å². The van der Waals surface area contributed by atoms with E-state index in [1.807, 2.05) is 62.6 Å². The van der Waals surface area contributed by atoms with E-state index < -0.39 is 12.1 Å². The molecule has 0 saturated heterocycles. The number of aryl methyl sites for hydroxylation is 1. The summed E-state index contributed by atoms with van der Waals surface area (Å²) >= 11 is 0. The molecule has 1 atom stereocenters. The zero-order valence-electron chi connectivity index (χ0n) is 14.8. The van der Waals surface area contributed by atoms with Crippen LogP contribution in [-0.2, 0) is 9.53 Å². The number of rotatable bonds is 5. The number of nitrogens with zero attached hydrogens (tertiary/aromatic N) is 1. The van der Waals surface area contributed by atoms with Crippen LogP contribution in [0.2, 0.25) is 0 Å². The molecule has 24 heavy (non-hydrogen) atoms. The molecule has 0 fully saturated rings. The lowest BCUT2D eigenvalue weighted by atomic mass is 10.2. The van der Waals surface area contributed by atoms with E-state index in [0.717, 1.165) is 17.1 Å². The van der Waals surface area contributed by atoms with E-state index in [1.54, 1.807) is 13.0 Å². The average molecular weight is 328 g/mol. The Morgan fingerprint density at radius 2 is 1.71 bits per heavy atom. The van der Waals surface area contributed by atoms with E-state index in [4.69, 9.17) is 4.74 Å². The van der Waals surface area contributed by atoms with E-state index >= 15 is 0 Å². The predicted octanol–water partition coefficient (Wildman–Crippen LogP) is 3.16. The first-order chi connectivity index (χ1) is 11.3. The Hall–Kier alpha value is -2.56. The molecule has 1 aromatic heterocycles. The van der Waals surface area contributed by atoms with Crippen LogP contribution in [0.25, 0.3) is 5.69 Å². The molecule has 0 spiro atoms. The number of hydrogen-bond acceptors (Lipinski definition) is 3. The smallest absolute Gasteiger partial charge is 0.340 e. The van der Waals surface area contributed by atoms with Crippen LogP contribution in [0.1, 0.15) is 42.5 Å². The maximum Gasteiger partial charge on any atom is 0.340 e. The van der Waals surface area contributed by atoms with Gasteiger partial charge in [-0.2, -0.15) is 0 Å². The van der Waals surface area contributed by atoms with Gasteiger partial charge in [0, 0.05) is 23.1 Å². The molecule has 5 heteroatoms. The van der Waals surface area contributed by atoms with Crippen molar-refractivity contribution in [2.75, 3.05) is 0 Å². The molecule has 0 aliphatic heterocycles. The molecule has 1 aromatic carbocycles. The number of esters is 1. The number of amides is 1. The number of aromatic nitrogens is 1. The zero-order valence-corrected chi connectivity index (χ0v) is 14.8. The zero-order chi connectivity index (χ0) is 17.9. The molecule has 2 aromatic rings. The summed E-state index contributed by atoms with van der Waals surface area (Å²) in [5, 5.41) is 2.74.